The molecule has 0 saturated carbocycles. The number of phosphoric acid groups is 2. The zero-order chi connectivity index (χ0) is 80.3. The van der Waals surface area contributed by atoms with Crippen molar-refractivity contribution in [1.29, 1.82) is 0 Å². The second kappa shape index (κ2) is 81.2. The molecule has 0 bridgehead atoms. The molecule has 0 aromatic carbocycles. The average molecular weight is 1580 g/mol. The van der Waals surface area contributed by atoms with Gasteiger partial charge in [-0.3, -0.25) is 37.3 Å². The van der Waals surface area contributed by atoms with Crippen LogP contribution >= 0.6 is 15.6 Å². The summed E-state index contributed by atoms with van der Waals surface area (Å²) in [6.45, 7) is 4.44. The fraction of sp³-hybridized carbons (Fsp3) is 0.626. The van der Waals surface area contributed by atoms with Gasteiger partial charge in [-0.15, -0.1) is 0 Å². The molecule has 624 valence electrons. The van der Waals surface area contributed by atoms with Crippen LogP contribution in [0.2, 0.25) is 0 Å². The van der Waals surface area contributed by atoms with Gasteiger partial charge in [0.25, 0.3) is 0 Å². The molecule has 0 fully saturated rings. The maximum absolute atomic E-state index is 13.1. The minimum Gasteiger partial charge on any atom is -0.462 e. The zero-order valence-corrected chi connectivity index (χ0v) is 70.1. The van der Waals surface area contributed by atoms with Gasteiger partial charge in [-0.2, -0.15) is 0 Å². The van der Waals surface area contributed by atoms with E-state index in [0.717, 1.165) is 148 Å². The predicted octanol–water partition coefficient (Wildman–Crippen LogP) is 25.1. The van der Waals surface area contributed by atoms with Crippen LogP contribution in [0.1, 0.15) is 310 Å². The lowest BCUT2D eigenvalue weighted by atomic mass is 10.0. The number of aliphatic hydroxyl groups is 1. The Kier molecular flexibility index (Phi) is 76.9. The molecule has 0 radical (unpaired) electrons. The van der Waals surface area contributed by atoms with E-state index in [1.54, 1.807) is 0 Å². The summed E-state index contributed by atoms with van der Waals surface area (Å²) in [5, 5.41) is 10.7. The Morgan fingerprint density at radius 1 is 0.264 bits per heavy atom. The Balaban J connectivity index is 5.51. The SMILES string of the molecule is CC/C=C\C/C=C\C/C=C\C/C=C\C/C=C\C/C=C\CCC(=O)OCC(COP(=O)(O)OCC(O)COP(=O)(O)OCC(COC(=O)CC/C=C\C/C=C\C/C=C\C/C=C\C/C=C\C/C=C\CC)OC(=O)CCCCCCCCCCCCCCC)OC(=O)CCCCCCCC/C=C\C/C=C\C/C=C\CCCCC. The largest absolute Gasteiger partial charge is 0.472 e. The van der Waals surface area contributed by atoms with Crippen molar-refractivity contribution in [1.82, 2.24) is 0 Å². The smallest absolute Gasteiger partial charge is 0.462 e. The molecule has 0 amide bonds. The number of aliphatic hydroxyl groups excluding tert-OH is 1. The molecule has 0 spiro atoms. The van der Waals surface area contributed by atoms with Crippen LogP contribution in [-0.2, 0) is 65.4 Å². The number of hydrogen-bond acceptors (Lipinski definition) is 15. The predicted molar refractivity (Wildman–Crippen MR) is 454 cm³/mol. The summed E-state index contributed by atoms with van der Waals surface area (Å²) < 4.78 is 68.6. The highest BCUT2D eigenvalue weighted by Gasteiger charge is 2.30. The van der Waals surface area contributed by atoms with E-state index in [0.29, 0.717) is 38.5 Å². The van der Waals surface area contributed by atoms with Crippen molar-refractivity contribution in [2.75, 3.05) is 39.6 Å². The second-order valence-corrected chi connectivity index (χ2v) is 30.2. The molecule has 0 rings (SSSR count). The van der Waals surface area contributed by atoms with Crippen molar-refractivity contribution in [3.63, 3.8) is 0 Å². The lowest BCUT2D eigenvalue weighted by Gasteiger charge is -2.21. The van der Waals surface area contributed by atoms with E-state index < -0.39 is 97.5 Å². The maximum atomic E-state index is 13.1. The number of rotatable bonds is 77. The molecule has 0 heterocycles. The topological polar surface area (TPSA) is 237 Å². The summed E-state index contributed by atoms with van der Waals surface area (Å²) in [6, 6.07) is 0. The standard InChI is InChI=1S/C91H148O17P2/c1-5-9-13-17-21-25-29-33-36-39-42-45-48-52-55-59-63-67-71-75-88(93)101-81-86(107-90(95)77-73-69-65-61-57-51-32-28-24-20-16-12-8-4)83-105-109(97,98)103-79-85(92)80-104-110(99,100)106-84-87(108-91(96)78-74-70-66-62-58-54-50-47-44-41-38-35-31-27-23-19-15-11-7-3)82-102-89(94)76-72-68-64-60-56-53-49-46-43-40-37-34-30-26-22-18-14-10-6-2/h9-10,13-14,21-23,25-27,33-38,42-47,52-53,55-56,63-64,67-68,85-87,92H,5-8,11-12,15-20,24,28-32,39-41,48-51,54,57-62,65-66,69-84H2,1-4H3,(H,97,98)(H,99,100)/b13-9-,14-10-,25-21-,26-22-,27-23-,36-33-,37-34-,38-35-,45-42-,46-43-,47-44-,55-52-,56-53-,67-63-,68-64-. The normalized spacial score (nSPS) is 14.7. The quantitative estimate of drug-likeness (QED) is 0.0169. The Morgan fingerprint density at radius 3 is 0.782 bits per heavy atom. The fourth-order valence-electron chi connectivity index (χ4n) is 10.6. The van der Waals surface area contributed by atoms with Crippen molar-refractivity contribution in [2.24, 2.45) is 0 Å². The van der Waals surface area contributed by atoms with E-state index in [-0.39, 0.29) is 25.7 Å². The molecule has 0 aliphatic carbocycles. The highest BCUT2D eigenvalue weighted by Crippen LogP contribution is 2.45. The number of carbonyl (C=O) groups is 4. The highest BCUT2D eigenvalue weighted by atomic mass is 31.2. The number of allylic oxidation sites excluding steroid dienone is 30. The molecule has 17 nitrogen and oxygen atoms in total. The molecule has 5 unspecified atom stereocenters. The number of ether oxygens (including phenoxy) is 4. The average Bonchev–Trinajstić information content (AvgIpc) is 0.900. The molecule has 0 aliphatic rings. The third-order valence-corrected chi connectivity index (χ3v) is 18.8. The van der Waals surface area contributed by atoms with Gasteiger partial charge in [0, 0.05) is 25.7 Å². The molecule has 3 N–H and O–H groups in total. The van der Waals surface area contributed by atoms with Crippen LogP contribution in [0.5, 0.6) is 0 Å². The molecular formula is C91H148O17P2. The molecule has 110 heavy (non-hydrogen) atoms. The van der Waals surface area contributed by atoms with E-state index in [1.165, 1.54) is 70.6 Å². The summed E-state index contributed by atoms with van der Waals surface area (Å²) in [7, 11) is -10.0. The fourth-order valence-corrected chi connectivity index (χ4v) is 12.2. The molecule has 0 aromatic rings. The van der Waals surface area contributed by atoms with Gasteiger partial charge >= 0.3 is 39.5 Å². The van der Waals surface area contributed by atoms with E-state index in [2.05, 4.69) is 174 Å². The molecular weight excluding hydrogens is 1430 g/mol. The highest BCUT2D eigenvalue weighted by molar-refractivity contribution is 7.47. The maximum Gasteiger partial charge on any atom is 0.472 e. The molecule has 0 aromatic heterocycles. The lowest BCUT2D eigenvalue weighted by Crippen LogP contribution is -2.30. The van der Waals surface area contributed by atoms with Crippen molar-refractivity contribution in [3.05, 3.63) is 182 Å². The third-order valence-electron chi connectivity index (χ3n) is 16.9. The summed E-state index contributed by atoms with van der Waals surface area (Å²) in [5.74, 6) is -2.39. The minimum absolute atomic E-state index is 0.0257. The van der Waals surface area contributed by atoms with E-state index in [9.17, 15) is 43.2 Å². The number of phosphoric ester groups is 2. The Bertz CT molecular complexity index is 2800. The molecule has 0 aliphatic heterocycles. The van der Waals surface area contributed by atoms with Crippen molar-refractivity contribution in [2.45, 2.75) is 329 Å². The first-order valence-corrected chi connectivity index (χ1v) is 45.0. The molecule has 5 atom stereocenters. The minimum atomic E-state index is -5.01. The van der Waals surface area contributed by atoms with Crippen molar-refractivity contribution < 1.29 is 80.2 Å². The summed E-state index contributed by atoms with van der Waals surface area (Å²) in [4.78, 5) is 73.1. The lowest BCUT2D eigenvalue weighted by molar-refractivity contribution is -0.161. The summed E-state index contributed by atoms with van der Waals surface area (Å²) >= 11 is 0. The number of carbonyl (C=O) groups excluding carboxylic acids is 4. The summed E-state index contributed by atoms with van der Waals surface area (Å²) in [6.07, 6.45) is 98.9. The first-order chi connectivity index (χ1) is 53.7. The first kappa shape index (κ1) is 104. The van der Waals surface area contributed by atoms with Crippen molar-refractivity contribution >= 4 is 39.5 Å². The summed E-state index contributed by atoms with van der Waals surface area (Å²) in [5.41, 5.74) is 0. The van der Waals surface area contributed by atoms with E-state index in [4.69, 9.17) is 37.0 Å². The van der Waals surface area contributed by atoms with Crippen LogP contribution in [0.15, 0.2) is 182 Å². The van der Waals surface area contributed by atoms with Crippen LogP contribution in [0.25, 0.3) is 0 Å². The second-order valence-electron chi connectivity index (χ2n) is 27.3. The van der Waals surface area contributed by atoms with Gasteiger partial charge in [0.2, 0.25) is 0 Å². The van der Waals surface area contributed by atoms with Crippen LogP contribution in [0.4, 0.5) is 0 Å². The number of unbranched alkanes of at least 4 members (excludes halogenated alkanes) is 21. The van der Waals surface area contributed by atoms with Gasteiger partial charge in [0.1, 0.15) is 19.3 Å². The van der Waals surface area contributed by atoms with E-state index in [1.807, 2.05) is 36.5 Å². The van der Waals surface area contributed by atoms with Crippen LogP contribution in [-0.4, -0.2) is 96.7 Å². The Labute approximate surface area is 666 Å². The van der Waals surface area contributed by atoms with Crippen LogP contribution < -0.4 is 0 Å². The number of hydrogen-bond donors (Lipinski definition) is 3. The third kappa shape index (κ3) is 80.2. The Hall–Kier alpha value is -5.84. The van der Waals surface area contributed by atoms with Crippen LogP contribution in [0.3, 0.4) is 0 Å². The Morgan fingerprint density at radius 2 is 0.491 bits per heavy atom. The van der Waals surface area contributed by atoms with Gasteiger partial charge in [-0.05, 0) is 141 Å². The first-order valence-electron chi connectivity index (χ1n) is 42.0. The van der Waals surface area contributed by atoms with Gasteiger partial charge in [-0.1, -0.05) is 326 Å². The molecule has 19 heteroatoms. The van der Waals surface area contributed by atoms with Gasteiger partial charge in [0.15, 0.2) is 12.2 Å². The monoisotopic (exact) mass is 1580 g/mol. The van der Waals surface area contributed by atoms with Gasteiger partial charge < -0.3 is 33.8 Å². The zero-order valence-electron chi connectivity index (χ0n) is 68.4. The molecule has 0 saturated heterocycles. The van der Waals surface area contributed by atoms with E-state index >= 15 is 0 Å². The number of esters is 4. The van der Waals surface area contributed by atoms with Crippen molar-refractivity contribution in [3.8, 4) is 0 Å². The van der Waals surface area contributed by atoms with Gasteiger partial charge in [0.05, 0.1) is 26.4 Å². The van der Waals surface area contributed by atoms with Gasteiger partial charge in [-0.25, -0.2) is 9.13 Å². The van der Waals surface area contributed by atoms with Crippen LogP contribution in [0, 0.1) is 0 Å².